The fraction of sp³-hybridized carbons (Fsp3) is 0.538. The number of anilines is 1. The van der Waals surface area contributed by atoms with Crippen LogP contribution < -0.4 is 4.90 Å². The van der Waals surface area contributed by atoms with Crippen molar-refractivity contribution in [1.82, 2.24) is 4.98 Å². The molecule has 1 aromatic heterocycles. The summed E-state index contributed by atoms with van der Waals surface area (Å²) in [5.74, 6) is 0.747. The first-order valence-electron chi connectivity index (χ1n) is 6.10. The molecule has 2 atom stereocenters. The summed E-state index contributed by atoms with van der Waals surface area (Å²) in [5, 5.41) is 9.35. The van der Waals surface area contributed by atoms with Crippen molar-refractivity contribution in [2.45, 2.75) is 19.1 Å². The Labute approximate surface area is 117 Å². The van der Waals surface area contributed by atoms with Crippen LogP contribution in [0.4, 0.5) is 5.82 Å². The van der Waals surface area contributed by atoms with E-state index in [4.69, 9.17) is 26.3 Å². The zero-order chi connectivity index (χ0) is 13.8. The lowest BCUT2D eigenvalue weighted by atomic mass is 10.2. The number of aromatic nitrogens is 1. The molecule has 2 unspecified atom stereocenters. The van der Waals surface area contributed by atoms with Crippen molar-refractivity contribution in [3.63, 3.8) is 0 Å². The van der Waals surface area contributed by atoms with Crippen molar-refractivity contribution >= 4 is 17.4 Å². The second kappa shape index (κ2) is 6.20. The molecule has 1 aliphatic heterocycles. The van der Waals surface area contributed by atoms with Gasteiger partial charge in [0.15, 0.2) is 5.69 Å². The van der Waals surface area contributed by atoms with Crippen LogP contribution in [0.1, 0.15) is 12.6 Å². The fourth-order valence-electron chi connectivity index (χ4n) is 2.20. The smallest absolute Gasteiger partial charge is 0.161 e. The first-order valence-corrected chi connectivity index (χ1v) is 6.47. The maximum atomic E-state index is 8.97. The molecule has 0 spiro atoms. The van der Waals surface area contributed by atoms with Gasteiger partial charge in [0, 0.05) is 20.2 Å². The topological polar surface area (TPSA) is 58.4 Å². The average Bonchev–Trinajstić information content (AvgIpc) is 2.39. The molecular weight excluding hydrogens is 266 g/mol. The molecule has 102 valence electrons. The minimum Gasteiger partial charge on any atom is -0.382 e. The zero-order valence-corrected chi connectivity index (χ0v) is 11.7. The number of halogens is 1. The molecule has 0 saturated carbocycles. The number of rotatable bonds is 3. The quantitative estimate of drug-likeness (QED) is 0.846. The number of hydrogen-bond acceptors (Lipinski definition) is 5. The van der Waals surface area contributed by atoms with E-state index in [1.165, 1.54) is 0 Å². The van der Waals surface area contributed by atoms with Gasteiger partial charge in [-0.25, -0.2) is 4.98 Å². The van der Waals surface area contributed by atoms with E-state index in [0.717, 1.165) is 12.4 Å². The van der Waals surface area contributed by atoms with Crippen LogP contribution in [0.3, 0.4) is 0 Å². The number of nitriles is 1. The van der Waals surface area contributed by atoms with E-state index in [0.29, 0.717) is 18.2 Å². The van der Waals surface area contributed by atoms with Gasteiger partial charge in [0.2, 0.25) is 0 Å². The first-order chi connectivity index (χ1) is 9.13. The Balaban J connectivity index is 2.18. The third kappa shape index (κ3) is 3.35. The molecule has 0 aromatic carbocycles. The highest BCUT2D eigenvalue weighted by Crippen LogP contribution is 2.22. The zero-order valence-electron chi connectivity index (χ0n) is 11.0. The second-order valence-electron chi connectivity index (χ2n) is 4.54. The van der Waals surface area contributed by atoms with Crippen LogP contribution in [-0.4, -0.2) is 44.0 Å². The molecule has 2 heterocycles. The number of morpholine rings is 1. The summed E-state index contributed by atoms with van der Waals surface area (Å²) < 4.78 is 10.9. The van der Waals surface area contributed by atoms with E-state index in [1.807, 2.05) is 19.1 Å². The number of pyridine rings is 1. The molecule has 0 N–H and O–H groups in total. The summed E-state index contributed by atoms with van der Waals surface area (Å²) >= 11 is 5.89. The predicted octanol–water partition coefficient (Wildman–Crippen LogP) is 1.85. The Morgan fingerprint density at radius 2 is 2.37 bits per heavy atom. The van der Waals surface area contributed by atoms with E-state index >= 15 is 0 Å². The van der Waals surface area contributed by atoms with Gasteiger partial charge < -0.3 is 14.4 Å². The van der Waals surface area contributed by atoms with Gasteiger partial charge in [-0.3, -0.25) is 0 Å². The van der Waals surface area contributed by atoms with Crippen LogP contribution in [-0.2, 0) is 9.47 Å². The summed E-state index contributed by atoms with van der Waals surface area (Å²) in [6.45, 7) is 3.98. The summed E-state index contributed by atoms with van der Waals surface area (Å²) in [4.78, 5) is 6.37. The van der Waals surface area contributed by atoms with Crippen LogP contribution >= 0.6 is 11.6 Å². The third-order valence-corrected chi connectivity index (χ3v) is 3.25. The molecular formula is C13H16ClN3O2. The van der Waals surface area contributed by atoms with Gasteiger partial charge in [-0.05, 0) is 19.1 Å². The monoisotopic (exact) mass is 281 g/mol. The fourth-order valence-corrected chi connectivity index (χ4v) is 2.34. The van der Waals surface area contributed by atoms with Gasteiger partial charge in [0.1, 0.15) is 11.9 Å². The molecule has 1 fully saturated rings. The second-order valence-corrected chi connectivity index (χ2v) is 4.95. The number of hydrogen-bond donors (Lipinski definition) is 0. The Kier molecular flexibility index (Phi) is 4.59. The maximum Gasteiger partial charge on any atom is 0.161 e. The molecule has 19 heavy (non-hydrogen) atoms. The molecule has 2 rings (SSSR count). The van der Waals surface area contributed by atoms with Crippen LogP contribution in [0.15, 0.2) is 12.1 Å². The summed E-state index contributed by atoms with van der Waals surface area (Å²) in [7, 11) is 1.65. The number of ether oxygens (including phenoxy) is 2. The summed E-state index contributed by atoms with van der Waals surface area (Å²) in [6, 6.07) is 5.52. The molecule has 0 bridgehead atoms. The van der Waals surface area contributed by atoms with Gasteiger partial charge in [-0.15, -0.1) is 0 Å². The minimum absolute atomic E-state index is 0.0109. The normalized spacial score (nSPS) is 23.2. The van der Waals surface area contributed by atoms with E-state index in [2.05, 4.69) is 9.88 Å². The lowest BCUT2D eigenvalue weighted by Gasteiger charge is -2.37. The molecule has 1 aromatic rings. The predicted molar refractivity (Wildman–Crippen MR) is 72.4 cm³/mol. The molecule has 6 heteroatoms. The standard InChI is InChI=1S/C13H16ClN3O2/c1-9-6-17(7-10(19-9)8-18-2)13-4-3-11(14)12(5-15)16-13/h3-4,9-10H,6-8H2,1-2H3. The first kappa shape index (κ1) is 14.1. The van der Waals surface area contributed by atoms with Crippen LogP contribution in [0.5, 0.6) is 0 Å². The lowest BCUT2D eigenvalue weighted by molar-refractivity contribution is -0.0512. The molecule has 1 aliphatic rings. The van der Waals surface area contributed by atoms with Crippen molar-refractivity contribution in [2.24, 2.45) is 0 Å². The van der Waals surface area contributed by atoms with E-state index < -0.39 is 0 Å². The molecule has 5 nitrogen and oxygen atoms in total. The number of methoxy groups -OCH3 is 1. The molecule has 0 aliphatic carbocycles. The Hall–Kier alpha value is -1.35. The lowest BCUT2D eigenvalue weighted by Crippen LogP contribution is -2.48. The Morgan fingerprint density at radius 3 is 3.05 bits per heavy atom. The third-order valence-electron chi connectivity index (χ3n) is 2.94. The largest absolute Gasteiger partial charge is 0.382 e. The van der Waals surface area contributed by atoms with Gasteiger partial charge in [0.25, 0.3) is 0 Å². The number of nitrogens with zero attached hydrogens (tertiary/aromatic N) is 3. The molecule has 0 amide bonds. The van der Waals surface area contributed by atoms with E-state index in [1.54, 1.807) is 13.2 Å². The van der Waals surface area contributed by atoms with Crippen LogP contribution in [0.25, 0.3) is 0 Å². The van der Waals surface area contributed by atoms with Crippen molar-refractivity contribution in [2.75, 3.05) is 31.7 Å². The average molecular weight is 282 g/mol. The highest BCUT2D eigenvalue weighted by atomic mass is 35.5. The summed E-state index contributed by atoms with van der Waals surface area (Å²) in [5.41, 5.74) is 0.251. The van der Waals surface area contributed by atoms with Crippen molar-refractivity contribution in [3.05, 3.63) is 22.8 Å². The van der Waals surface area contributed by atoms with E-state index in [9.17, 15) is 0 Å². The molecule has 0 radical (unpaired) electrons. The van der Waals surface area contributed by atoms with Gasteiger partial charge >= 0.3 is 0 Å². The molecule has 1 saturated heterocycles. The highest BCUT2D eigenvalue weighted by Gasteiger charge is 2.26. The Morgan fingerprint density at radius 1 is 1.58 bits per heavy atom. The summed E-state index contributed by atoms with van der Waals surface area (Å²) in [6.07, 6.45) is 0.105. The van der Waals surface area contributed by atoms with Gasteiger partial charge in [-0.1, -0.05) is 11.6 Å². The van der Waals surface area contributed by atoms with E-state index in [-0.39, 0.29) is 17.9 Å². The highest BCUT2D eigenvalue weighted by molar-refractivity contribution is 6.31. The SMILES string of the molecule is COCC1CN(c2ccc(Cl)c(C#N)n2)CC(C)O1. The van der Waals surface area contributed by atoms with Crippen LogP contribution in [0.2, 0.25) is 5.02 Å². The van der Waals surface area contributed by atoms with Gasteiger partial charge in [0.05, 0.1) is 23.8 Å². The maximum absolute atomic E-state index is 8.97. The van der Waals surface area contributed by atoms with Crippen molar-refractivity contribution in [3.8, 4) is 6.07 Å². The Bertz CT molecular complexity index is 489. The van der Waals surface area contributed by atoms with Crippen LogP contribution in [0, 0.1) is 11.3 Å². The van der Waals surface area contributed by atoms with Gasteiger partial charge in [-0.2, -0.15) is 5.26 Å². The van der Waals surface area contributed by atoms with Crippen molar-refractivity contribution in [1.29, 1.82) is 5.26 Å². The van der Waals surface area contributed by atoms with Crippen molar-refractivity contribution < 1.29 is 9.47 Å². The minimum atomic E-state index is 0.0109.